The summed E-state index contributed by atoms with van der Waals surface area (Å²) in [5.74, 6) is 6.54. The van der Waals surface area contributed by atoms with E-state index in [1.165, 1.54) is 0 Å². The molecule has 0 saturated heterocycles. The fourth-order valence-electron chi connectivity index (χ4n) is 1.17. The fourth-order valence-corrected chi connectivity index (χ4v) is 1.17. The lowest BCUT2D eigenvalue weighted by Gasteiger charge is -2.11. The van der Waals surface area contributed by atoms with E-state index in [0.29, 0.717) is 18.2 Å². The van der Waals surface area contributed by atoms with Gasteiger partial charge in [-0.2, -0.15) is 0 Å². The number of aryl methyl sites for hydroxylation is 1. The van der Waals surface area contributed by atoms with Crippen LogP contribution in [0.4, 0.5) is 5.82 Å². The largest absolute Gasteiger partial charge is 0.371 e. The molecule has 0 saturated carbocycles. The van der Waals surface area contributed by atoms with Gasteiger partial charge in [0, 0.05) is 18.4 Å². The summed E-state index contributed by atoms with van der Waals surface area (Å²) in [6.07, 6.45) is -0.105. The highest BCUT2D eigenvalue weighted by Crippen LogP contribution is 2.14. The van der Waals surface area contributed by atoms with Gasteiger partial charge in [-0.05, 0) is 20.8 Å². The number of hydrazine groups is 1. The molecule has 14 heavy (non-hydrogen) atoms. The minimum atomic E-state index is -0.105. The molecule has 0 amide bonds. The van der Waals surface area contributed by atoms with Crippen LogP contribution in [0.2, 0.25) is 0 Å². The zero-order valence-corrected chi connectivity index (χ0v) is 8.74. The Hall–Kier alpha value is -1.20. The zero-order valence-electron chi connectivity index (χ0n) is 8.74. The van der Waals surface area contributed by atoms with Crippen molar-refractivity contribution >= 4 is 5.82 Å². The molecule has 3 N–H and O–H groups in total. The molecule has 0 radical (unpaired) electrons. The number of nitrogens with one attached hydrogen (secondary N) is 1. The van der Waals surface area contributed by atoms with Gasteiger partial charge in [-0.25, -0.2) is 15.8 Å². The lowest BCUT2D eigenvalue weighted by atomic mass is 10.3. The van der Waals surface area contributed by atoms with E-state index in [9.17, 15) is 0 Å². The Morgan fingerprint density at radius 2 is 2.29 bits per heavy atom. The average molecular weight is 196 g/mol. The zero-order chi connectivity index (χ0) is 10.6. The molecule has 1 heterocycles. The van der Waals surface area contributed by atoms with E-state index in [1.807, 2.05) is 20.8 Å². The molecule has 1 atom stereocenters. The second-order valence-corrected chi connectivity index (χ2v) is 2.99. The number of rotatable bonds is 4. The van der Waals surface area contributed by atoms with Crippen molar-refractivity contribution < 1.29 is 4.74 Å². The molecule has 1 unspecified atom stereocenters. The Bertz CT molecular complexity index is 303. The van der Waals surface area contributed by atoms with Crippen molar-refractivity contribution in [3.8, 4) is 0 Å². The summed E-state index contributed by atoms with van der Waals surface area (Å²) in [6, 6.07) is 1.78. The van der Waals surface area contributed by atoms with Gasteiger partial charge in [-0.3, -0.25) is 0 Å². The molecule has 0 bridgehead atoms. The van der Waals surface area contributed by atoms with Gasteiger partial charge in [0.1, 0.15) is 11.9 Å². The van der Waals surface area contributed by atoms with Crippen LogP contribution in [0.15, 0.2) is 6.07 Å². The lowest BCUT2D eigenvalue weighted by molar-refractivity contribution is 0.0700. The van der Waals surface area contributed by atoms with Gasteiger partial charge in [-0.15, -0.1) is 0 Å². The van der Waals surface area contributed by atoms with E-state index in [-0.39, 0.29) is 6.10 Å². The smallest absolute Gasteiger partial charge is 0.159 e. The van der Waals surface area contributed by atoms with Gasteiger partial charge < -0.3 is 10.2 Å². The first-order valence-corrected chi connectivity index (χ1v) is 4.61. The van der Waals surface area contributed by atoms with Crippen molar-refractivity contribution in [1.29, 1.82) is 0 Å². The van der Waals surface area contributed by atoms with Crippen LogP contribution in [-0.4, -0.2) is 16.6 Å². The summed E-state index contributed by atoms with van der Waals surface area (Å²) in [7, 11) is 0. The van der Waals surface area contributed by atoms with Crippen LogP contribution in [0.1, 0.15) is 31.5 Å². The monoisotopic (exact) mass is 196 g/mol. The maximum Gasteiger partial charge on any atom is 0.159 e. The maximum absolute atomic E-state index is 5.39. The number of nitrogen functional groups attached to an aromatic ring is 1. The third-order valence-electron chi connectivity index (χ3n) is 1.80. The second-order valence-electron chi connectivity index (χ2n) is 2.99. The van der Waals surface area contributed by atoms with Crippen LogP contribution in [-0.2, 0) is 4.74 Å². The number of nitrogens with zero attached hydrogens (tertiary/aromatic N) is 2. The van der Waals surface area contributed by atoms with Gasteiger partial charge in [0.25, 0.3) is 0 Å². The third kappa shape index (κ3) is 2.65. The molecule has 5 nitrogen and oxygen atoms in total. The van der Waals surface area contributed by atoms with Crippen molar-refractivity contribution in [1.82, 2.24) is 9.97 Å². The summed E-state index contributed by atoms with van der Waals surface area (Å²) in [5, 5.41) is 0. The first kappa shape index (κ1) is 10.9. The number of aromatic nitrogens is 2. The molecule has 5 heteroatoms. The van der Waals surface area contributed by atoms with E-state index in [2.05, 4.69) is 15.4 Å². The summed E-state index contributed by atoms with van der Waals surface area (Å²) in [5.41, 5.74) is 3.37. The van der Waals surface area contributed by atoms with Gasteiger partial charge in [0.15, 0.2) is 5.82 Å². The van der Waals surface area contributed by atoms with Crippen LogP contribution in [0.25, 0.3) is 0 Å². The number of hydrogen-bond donors (Lipinski definition) is 2. The summed E-state index contributed by atoms with van der Waals surface area (Å²) in [6.45, 7) is 6.39. The van der Waals surface area contributed by atoms with E-state index in [1.54, 1.807) is 6.07 Å². The van der Waals surface area contributed by atoms with E-state index in [4.69, 9.17) is 10.6 Å². The maximum atomic E-state index is 5.39. The summed E-state index contributed by atoms with van der Waals surface area (Å²) < 4.78 is 5.39. The topological polar surface area (TPSA) is 73.1 Å². The summed E-state index contributed by atoms with van der Waals surface area (Å²) >= 11 is 0. The Morgan fingerprint density at radius 3 is 2.86 bits per heavy atom. The molecule has 0 fully saturated rings. The Kier molecular flexibility index (Phi) is 3.79. The minimum Gasteiger partial charge on any atom is -0.371 e. The molecule has 1 rings (SSSR count). The van der Waals surface area contributed by atoms with Gasteiger partial charge in [0.05, 0.1) is 0 Å². The highest BCUT2D eigenvalue weighted by atomic mass is 16.5. The molecule has 0 spiro atoms. The van der Waals surface area contributed by atoms with Crippen molar-refractivity contribution in [3.63, 3.8) is 0 Å². The molecule has 0 aliphatic carbocycles. The molecular formula is C9H16N4O. The molecule has 0 aliphatic rings. The number of hydrogen-bond acceptors (Lipinski definition) is 5. The third-order valence-corrected chi connectivity index (χ3v) is 1.80. The van der Waals surface area contributed by atoms with Crippen molar-refractivity contribution in [2.24, 2.45) is 5.84 Å². The van der Waals surface area contributed by atoms with Gasteiger partial charge in [0.2, 0.25) is 0 Å². The van der Waals surface area contributed by atoms with Crippen molar-refractivity contribution in [2.45, 2.75) is 26.9 Å². The molecule has 1 aromatic rings. The number of ether oxygens (including phenoxy) is 1. The number of nitrogens with two attached hydrogens (primary N) is 1. The number of anilines is 1. The molecule has 78 valence electrons. The Morgan fingerprint density at radius 1 is 1.57 bits per heavy atom. The molecular weight excluding hydrogens is 180 g/mol. The standard InChI is InChI=1S/C9H16N4O/c1-4-14-7(3)9-11-6(2)5-8(12-9)13-10/h5,7H,4,10H2,1-3H3,(H,11,12,13). The van der Waals surface area contributed by atoms with Crippen LogP contribution < -0.4 is 11.3 Å². The van der Waals surface area contributed by atoms with Crippen LogP contribution >= 0.6 is 0 Å². The first-order chi connectivity index (χ1) is 6.67. The van der Waals surface area contributed by atoms with E-state index < -0.39 is 0 Å². The highest BCUT2D eigenvalue weighted by Gasteiger charge is 2.09. The van der Waals surface area contributed by atoms with Crippen molar-refractivity contribution in [3.05, 3.63) is 17.6 Å². The minimum absolute atomic E-state index is 0.105. The second kappa shape index (κ2) is 4.88. The SMILES string of the molecule is CCOC(C)c1nc(C)cc(NN)n1. The molecule has 0 aromatic carbocycles. The molecule has 0 aliphatic heterocycles. The van der Waals surface area contributed by atoms with Gasteiger partial charge in [-0.1, -0.05) is 0 Å². The Labute approximate surface area is 83.7 Å². The lowest BCUT2D eigenvalue weighted by Crippen LogP contribution is -2.13. The quantitative estimate of drug-likeness (QED) is 0.558. The predicted molar refractivity (Wildman–Crippen MR) is 54.6 cm³/mol. The van der Waals surface area contributed by atoms with E-state index >= 15 is 0 Å². The van der Waals surface area contributed by atoms with Crippen LogP contribution in [0, 0.1) is 6.92 Å². The predicted octanol–water partition coefficient (Wildman–Crippen LogP) is 1.17. The Balaban J connectivity index is 2.90. The first-order valence-electron chi connectivity index (χ1n) is 4.61. The van der Waals surface area contributed by atoms with Crippen LogP contribution in [0.5, 0.6) is 0 Å². The van der Waals surface area contributed by atoms with Crippen LogP contribution in [0.3, 0.4) is 0 Å². The van der Waals surface area contributed by atoms with E-state index in [0.717, 1.165) is 5.69 Å². The fraction of sp³-hybridized carbons (Fsp3) is 0.556. The molecule has 1 aromatic heterocycles. The highest BCUT2D eigenvalue weighted by molar-refractivity contribution is 5.34. The van der Waals surface area contributed by atoms with Gasteiger partial charge >= 0.3 is 0 Å². The normalized spacial score (nSPS) is 12.6. The summed E-state index contributed by atoms with van der Waals surface area (Å²) in [4.78, 5) is 8.47. The van der Waals surface area contributed by atoms with Crippen molar-refractivity contribution in [2.75, 3.05) is 12.0 Å². The average Bonchev–Trinajstić information content (AvgIpc) is 2.17.